The predicted octanol–water partition coefficient (Wildman–Crippen LogP) is -1.23. The molecule has 3 atom stereocenters. The number of carboxylic acids is 3. The first-order chi connectivity index (χ1) is 7.77. The Morgan fingerprint density at radius 1 is 1.29 bits per heavy atom. The topological polar surface area (TPSA) is 145 Å². The Labute approximate surface area is 95.4 Å². The van der Waals surface area contributed by atoms with Crippen LogP contribution in [0.2, 0.25) is 0 Å². The highest BCUT2D eigenvalue weighted by Crippen LogP contribution is 2.31. The number of hydrogen-bond acceptors (Lipinski definition) is 5. The second-order valence-corrected chi connectivity index (χ2v) is 3.88. The molecule has 0 aromatic carbocycles. The van der Waals surface area contributed by atoms with Crippen molar-refractivity contribution in [3.05, 3.63) is 0 Å². The van der Waals surface area contributed by atoms with Gasteiger partial charge in [-0.1, -0.05) is 0 Å². The lowest BCUT2D eigenvalue weighted by molar-refractivity contribution is -0.179. The Bertz CT molecular complexity index is 347. The molecule has 4 N–H and O–H groups in total. The molecule has 1 aliphatic heterocycles. The molecular weight excluding hydrogens is 236 g/mol. The van der Waals surface area contributed by atoms with E-state index in [0.29, 0.717) is 0 Å². The van der Waals surface area contributed by atoms with E-state index < -0.39 is 42.0 Å². The minimum Gasteiger partial charge on any atom is -0.481 e. The van der Waals surface area contributed by atoms with Crippen molar-refractivity contribution in [1.29, 1.82) is 0 Å². The van der Waals surface area contributed by atoms with Gasteiger partial charge in [-0.15, -0.1) is 0 Å². The monoisotopic (exact) mass is 248 g/mol. The van der Waals surface area contributed by atoms with Crippen LogP contribution in [0.5, 0.6) is 0 Å². The molecule has 8 nitrogen and oxygen atoms in total. The molecule has 17 heavy (non-hydrogen) atoms. The van der Waals surface area contributed by atoms with E-state index in [2.05, 4.69) is 0 Å². The summed E-state index contributed by atoms with van der Waals surface area (Å²) in [5.74, 6) is -6.74. The minimum absolute atomic E-state index is 0.231. The smallest absolute Gasteiger partial charge is 0.337 e. The fourth-order valence-electron chi connectivity index (χ4n) is 1.55. The average Bonchev–Trinajstić information content (AvgIpc) is 2.95. The highest BCUT2D eigenvalue weighted by molar-refractivity contribution is 5.89. The number of aliphatic carboxylic acids is 3. The number of hydrogen-bond donors (Lipinski definition) is 4. The maximum atomic E-state index is 10.9. The Hall–Kier alpha value is -1.67. The molecule has 3 unspecified atom stereocenters. The maximum Gasteiger partial charge on any atom is 0.337 e. The summed E-state index contributed by atoms with van der Waals surface area (Å²) in [7, 11) is 0. The molecule has 0 aliphatic carbocycles. The molecule has 1 aliphatic rings. The van der Waals surface area contributed by atoms with E-state index in [1.807, 2.05) is 0 Å². The zero-order valence-corrected chi connectivity index (χ0v) is 8.70. The van der Waals surface area contributed by atoms with E-state index >= 15 is 0 Å². The molecule has 96 valence electrons. The summed E-state index contributed by atoms with van der Waals surface area (Å²) < 4.78 is 4.75. The van der Waals surface area contributed by atoms with Gasteiger partial charge in [-0.25, -0.2) is 4.79 Å². The summed E-state index contributed by atoms with van der Waals surface area (Å²) in [6.07, 6.45) is -1.84. The van der Waals surface area contributed by atoms with Crippen LogP contribution in [0.15, 0.2) is 0 Å². The van der Waals surface area contributed by atoms with E-state index in [1.165, 1.54) is 0 Å². The predicted molar refractivity (Wildman–Crippen MR) is 50.3 cm³/mol. The molecule has 1 rings (SSSR count). The van der Waals surface area contributed by atoms with Crippen molar-refractivity contribution in [3.63, 3.8) is 0 Å². The van der Waals surface area contributed by atoms with Gasteiger partial charge in [-0.3, -0.25) is 9.59 Å². The van der Waals surface area contributed by atoms with E-state index in [9.17, 15) is 19.5 Å². The van der Waals surface area contributed by atoms with E-state index in [-0.39, 0.29) is 13.0 Å². The van der Waals surface area contributed by atoms with Gasteiger partial charge in [-0.05, 0) is 6.42 Å². The van der Waals surface area contributed by atoms with Crippen molar-refractivity contribution >= 4 is 17.9 Å². The fourth-order valence-corrected chi connectivity index (χ4v) is 1.55. The molecule has 0 aromatic heterocycles. The van der Waals surface area contributed by atoms with E-state index in [0.717, 1.165) is 0 Å². The molecule has 1 heterocycles. The van der Waals surface area contributed by atoms with Gasteiger partial charge in [-0.2, -0.15) is 0 Å². The number of aliphatic hydroxyl groups is 1. The lowest BCUT2D eigenvalue weighted by Gasteiger charge is -2.27. The van der Waals surface area contributed by atoms with Gasteiger partial charge in [0.15, 0.2) is 5.60 Å². The maximum absolute atomic E-state index is 10.9. The molecule has 0 aromatic rings. The van der Waals surface area contributed by atoms with Gasteiger partial charge in [0, 0.05) is 0 Å². The lowest BCUT2D eigenvalue weighted by Crippen LogP contribution is -2.51. The largest absolute Gasteiger partial charge is 0.481 e. The van der Waals surface area contributed by atoms with Crippen LogP contribution in [0.1, 0.15) is 12.8 Å². The van der Waals surface area contributed by atoms with Crippen LogP contribution in [0.4, 0.5) is 0 Å². The molecule has 0 saturated carbocycles. The number of carbonyl (C=O) groups is 3. The molecule has 0 bridgehead atoms. The second-order valence-electron chi connectivity index (χ2n) is 3.88. The summed E-state index contributed by atoms with van der Waals surface area (Å²) >= 11 is 0. The van der Waals surface area contributed by atoms with Crippen molar-refractivity contribution in [2.45, 2.75) is 24.5 Å². The Morgan fingerprint density at radius 3 is 2.12 bits per heavy atom. The molecule has 0 amide bonds. The van der Waals surface area contributed by atoms with Crippen molar-refractivity contribution in [1.82, 2.24) is 0 Å². The average molecular weight is 248 g/mol. The summed E-state index contributed by atoms with van der Waals surface area (Å²) in [5, 5.41) is 36.0. The summed E-state index contributed by atoms with van der Waals surface area (Å²) in [4.78, 5) is 32.3. The van der Waals surface area contributed by atoms with Crippen LogP contribution < -0.4 is 0 Å². The van der Waals surface area contributed by atoms with E-state index in [1.54, 1.807) is 0 Å². The number of rotatable bonds is 7. The quantitative estimate of drug-likeness (QED) is 0.409. The van der Waals surface area contributed by atoms with Gasteiger partial charge in [0.1, 0.15) is 0 Å². The first kappa shape index (κ1) is 13.4. The number of epoxide rings is 1. The van der Waals surface area contributed by atoms with Gasteiger partial charge < -0.3 is 25.2 Å². The zero-order chi connectivity index (χ0) is 13.2. The van der Waals surface area contributed by atoms with Crippen molar-refractivity contribution in [2.75, 3.05) is 6.61 Å². The first-order valence-electron chi connectivity index (χ1n) is 4.79. The van der Waals surface area contributed by atoms with Gasteiger partial charge in [0.2, 0.25) is 0 Å². The van der Waals surface area contributed by atoms with Crippen LogP contribution in [0.3, 0.4) is 0 Å². The highest BCUT2D eigenvalue weighted by atomic mass is 16.6. The molecular formula is C9H12O8. The van der Waals surface area contributed by atoms with Gasteiger partial charge >= 0.3 is 17.9 Å². The Balaban J connectivity index is 2.93. The summed E-state index contributed by atoms with van der Waals surface area (Å²) in [6.45, 7) is 0.284. The first-order valence-corrected chi connectivity index (χ1v) is 4.79. The van der Waals surface area contributed by atoms with E-state index in [4.69, 9.17) is 20.1 Å². The van der Waals surface area contributed by atoms with Crippen LogP contribution >= 0.6 is 0 Å². The molecule has 0 spiro atoms. The number of carboxylic acid groups (broad SMARTS) is 3. The molecule has 8 heteroatoms. The highest BCUT2D eigenvalue weighted by Gasteiger charge is 2.51. The van der Waals surface area contributed by atoms with Crippen LogP contribution in [0, 0.1) is 5.92 Å². The van der Waals surface area contributed by atoms with Crippen LogP contribution in [-0.4, -0.2) is 56.6 Å². The standard InChI is InChI=1S/C9H12O8/c10-6(11)2-9(16,8(14)15)5(7(12)13)1-4-3-17-4/h4-5,16H,1-3H2,(H,10,11)(H,12,13)(H,14,15). The summed E-state index contributed by atoms with van der Waals surface area (Å²) in [6, 6.07) is 0. The second kappa shape index (κ2) is 4.68. The van der Waals surface area contributed by atoms with Crippen LogP contribution in [0.25, 0.3) is 0 Å². The third-order valence-electron chi connectivity index (χ3n) is 2.57. The third-order valence-corrected chi connectivity index (χ3v) is 2.57. The number of ether oxygens (including phenoxy) is 1. The lowest BCUT2D eigenvalue weighted by atomic mass is 9.81. The van der Waals surface area contributed by atoms with Gasteiger partial charge in [0.25, 0.3) is 0 Å². The molecule has 1 fully saturated rings. The third kappa shape index (κ3) is 3.14. The zero-order valence-electron chi connectivity index (χ0n) is 8.70. The fraction of sp³-hybridized carbons (Fsp3) is 0.667. The van der Waals surface area contributed by atoms with Crippen molar-refractivity contribution < 1.29 is 39.5 Å². The van der Waals surface area contributed by atoms with Gasteiger partial charge in [0.05, 0.1) is 25.0 Å². The van der Waals surface area contributed by atoms with Crippen molar-refractivity contribution in [3.8, 4) is 0 Å². The normalized spacial score (nSPS) is 23.5. The Kier molecular flexibility index (Phi) is 3.69. The molecule has 0 radical (unpaired) electrons. The summed E-state index contributed by atoms with van der Waals surface area (Å²) in [5.41, 5.74) is -2.83. The molecule has 1 saturated heterocycles. The Morgan fingerprint density at radius 2 is 1.82 bits per heavy atom. The van der Waals surface area contributed by atoms with Crippen molar-refractivity contribution in [2.24, 2.45) is 5.92 Å². The minimum atomic E-state index is -2.83. The van der Waals surface area contributed by atoms with Crippen LogP contribution in [-0.2, 0) is 19.1 Å². The SMILES string of the molecule is O=C(O)CC(O)(C(=O)O)C(CC1CO1)C(=O)O.